The second kappa shape index (κ2) is 6.76. The lowest BCUT2D eigenvalue weighted by molar-refractivity contribution is -0.118. The fourth-order valence-corrected chi connectivity index (χ4v) is 2.33. The molecule has 0 radical (unpaired) electrons. The van der Waals surface area contributed by atoms with E-state index < -0.39 is 11.9 Å². The number of carbonyl (C=O) groups excluding carboxylic acids is 1. The molecule has 0 atom stereocenters. The quantitative estimate of drug-likeness (QED) is 0.856. The number of amides is 1. The fourth-order valence-electron chi connectivity index (χ4n) is 1.64. The number of carboxylic acids is 1. The molecule has 1 amide bonds. The van der Waals surface area contributed by atoms with Crippen LogP contribution in [0, 0.1) is 0 Å². The van der Waals surface area contributed by atoms with Gasteiger partial charge >= 0.3 is 5.97 Å². The summed E-state index contributed by atoms with van der Waals surface area (Å²) in [4.78, 5) is 22.8. The van der Waals surface area contributed by atoms with E-state index in [-0.39, 0.29) is 17.2 Å². The van der Waals surface area contributed by atoms with Gasteiger partial charge in [-0.15, -0.1) is 11.3 Å². The summed E-state index contributed by atoms with van der Waals surface area (Å²) in [5.74, 6) is -0.557. The number of anilines is 1. The van der Waals surface area contributed by atoms with Crippen LogP contribution in [0.4, 0.5) is 5.69 Å². The Labute approximate surface area is 124 Å². The number of para-hydroxylation sites is 2. The summed E-state index contributed by atoms with van der Waals surface area (Å²) in [5, 5.41) is 13.1. The van der Waals surface area contributed by atoms with Crippen molar-refractivity contribution in [3.05, 3.63) is 40.6 Å². The third-order valence-corrected chi connectivity index (χ3v) is 3.46. The maximum Gasteiger partial charge on any atom is 0.348 e. The second-order valence-electron chi connectivity index (χ2n) is 3.96. The molecule has 0 unspecified atom stereocenters. The minimum Gasteiger partial charge on any atom is -0.493 e. The molecule has 1 aromatic carbocycles. The minimum atomic E-state index is -1.08. The summed E-state index contributed by atoms with van der Waals surface area (Å²) < 4.78 is 10.5. The van der Waals surface area contributed by atoms with Gasteiger partial charge in [-0.1, -0.05) is 12.1 Å². The highest BCUT2D eigenvalue weighted by Gasteiger charge is 2.14. The van der Waals surface area contributed by atoms with Crippen LogP contribution in [0.5, 0.6) is 11.5 Å². The van der Waals surface area contributed by atoms with E-state index in [0.717, 1.165) is 11.3 Å². The van der Waals surface area contributed by atoms with Crippen LogP contribution < -0.4 is 14.8 Å². The molecule has 21 heavy (non-hydrogen) atoms. The third kappa shape index (κ3) is 3.73. The van der Waals surface area contributed by atoms with Crippen molar-refractivity contribution < 1.29 is 24.2 Å². The van der Waals surface area contributed by atoms with Gasteiger partial charge in [0.15, 0.2) is 18.1 Å². The molecule has 0 bridgehead atoms. The third-order valence-electron chi connectivity index (χ3n) is 2.56. The van der Waals surface area contributed by atoms with Crippen LogP contribution in [0.25, 0.3) is 0 Å². The van der Waals surface area contributed by atoms with E-state index in [1.165, 1.54) is 13.2 Å². The Kier molecular flexibility index (Phi) is 4.78. The number of thiophene rings is 1. The molecule has 0 aliphatic rings. The summed E-state index contributed by atoms with van der Waals surface area (Å²) in [6.45, 7) is -0.241. The number of hydrogen-bond acceptors (Lipinski definition) is 5. The maximum absolute atomic E-state index is 11.8. The number of methoxy groups -OCH3 is 1. The number of benzene rings is 1. The molecular weight excluding hydrogens is 294 g/mol. The molecule has 0 saturated heterocycles. The number of nitrogens with one attached hydrogen (secondary N) is 1. The molecule has 0 fully saturated rings. The Balaban J connectivity index is 1.96. The van der Waals surface area contributed by atoms with Crippen LogP contribution >= 0.6 is 11.3 Å². The fraction of sp³-hybridized carbons (Fsp3) is 0.143. The first kappa shape index (κ1) is 14.9. The number of hydrogen-bond donors (Lipinski definition) is 2. The van der Waals surface area contributed by atoms with Gasteiger partial charge in [0.1, 0.15) is 4.88 Å². The highest BCUT2D eigenvalue weighted by molar-refractivity contribution is 7.12. The lowest BCUT2D eigenvalue weighted by Crippen LogP contribution is -2.21. The zero-order chi connectivity index (χ0) is 15.2. The Morgan fingerprint density at radius 1 is 1.24 bits per heavy atom. The van der Waals surface area contributed by atoms with E-state index in [0.29, 0.717) is 11.5 Å². The molecule has 7 heteroatoms. The van der Waals surface area contributed by atoms with Gasteiger partial charge in [-0.25, -0.2) is 4.79 Å². The minimum absolute atomic E-state index is 0.0839. The van der Waals surface area contributed by atoms with Crippen molar-refractivity contribution in [3.8, 4) is 11.5 Å². The molecule has 110 valence electrons. The van der Waals surface area contributed by atoms with Gasteiger partial charge in [0.2, 0.25) is 0 Å². The molecule has 0 aliphatic carbocycles. The molecule has 2 N–H and O–H groups in total. The van der Waals surface area contributed by atoms with Gasteiger partial charge in [-0.2, -0.15) is 0 Å². The zero-order valence-electron chi connectivity index (χ0n) is 11.2. The van der Waals surface area contributed by atoms with Crippen LogP contribution in [0.3, 0.4) is 0 Å². The summed E-state index contributed by atoms with van der Waals surface area (Å²) in [6.07, 6.45) is 0. The van der Waals surface area contributed by atoms with Crippen molar-refractivity contribution in [2.45, 2.75) is 0 Å². The van der Waals surface area contributed by atoms with Gasteiger partial charge in [0, 0.05) is 0 Å². The largest absolute Gasteiger partial charge is 0.493 e. The van der Waals surface area contributed by atoms with Crippen molar-refractivity contribution in [3.63, 3.8) is 0 Å². The zero-order valence-corrected chi connectivity index (χ0v) is 12.0. The van der Waals surface area contributed by atoms with E-state index in [9.17, 15) is 9.59 Å². The molecule has 1 aromatic heterocycles. The second-order valence-corrected chi connectivity index (χ2v) is 4.87. The molecule has 0 saturated carbocycles. The number of carbonyl (C=O) groups is 2. The van der Waals surface area contributed by atoms with Gasteiger partial charge in [0.05, 0.1) is 12.8 Å². The Hall–Kier alpha value is -2.54. The predicted octanol–water partition coefficient (Wildman–Crippen LogP) is 2.47. The molecule has 6 nitrogen and oxygen atoms in total. The maximum atomic E-state index is 11.8. The van der Waals surface area contributed by atoms with Crippen molar-refractivity contribution >= 4 is 28.9 Å². The number of rotatable bonds is 6. The number of aromatic carboxylic acids is 1. The van der Waals surface area contributed by atoms with E-state index in [2.05, 4.69) is 5.32 Å². The highest BCUT2D eigenvalue weighted by Crippen LogP contribution is 2.26. The summed E-state index contributed by atoms with van der Waals surface area (Å²) >= 11 is 1.05. The Bertz CT molecular complexity index is 652. The smallest absolute Gasteiger partial charge is 0.348 e. The first-order valence-electron chi connectivity index (χ1n) is 5.98. The summed E-state index contributed by atoms with van der Waals surface area (Å²) in [5.41, 5.74) is 0.265. The van der Waals surface area contributed by atoms with Crippen LogP contribution in [0.2, 0.25) is 0 Å². The van der Waals surface area contributed by atoms with Crippen LogP contribution in [-0.2, 0) is 4.79 Å². The number of ether oxygens (including phenoxy) is 2. The first-order valence-corrected chi connectivity index (χ1v) is 6.86. The molecule has 0 spiro atoms. The monoisotopic (exact) mass is 307 g/mol. The standard InChI is InChI=1S/C14H13NO5S/c1-19-10-4-2-3-5-11(10)20-8-12(16)15-9-6-7-21-13(9)14(17)18/h2-7H,8H2,1H3,(H,15,16)(H,17,18). The highest BCUT2D eigenvalue weighted by atomic mass is 32.1. The molecular formula is C14H13NO5S. The van der Waals surface area contributed by atoms with Crippen molar-refractivity contribution in [2.75, 3.05) is 19.0 Å². The lowest BCUT2D eigenvalue weighted by Gasteiger charge is -2.10. The molecule has 1 heterocycles. The lowest BCUT2D eigenvalue weighted by atomic mass is 10.3. The van der Waals surface area contributed by atoms with E-state index in [1.807, 2.05) is 0 Å². The van der Waals surface area contributed by atoms with Crippen molar-refractivity contribution in [2.24, 2.45) is 0 Å². The Morgan fingerprint density at radius 3 is 2.62 bits per heavy atom. The topological polar surface area (TPSA) is 84.9 Å². The first-order chi connectivity index (χ1) is 10.1. The van der Waals surface area contributed by atoms with Gasteiger partial charge in [0.25, 0.3) is 5.91 Å². The molecule has 0 aliphatic heterocycles. The van der Waals surface area contributed by atoms with E-state index in [4.69, 9.17) is 14.6 Å². The summed E-state index contributed by atoms with van der Waals surface area (Å²) in [6, 6.07) is 8.48. The van der Waals surface area contributed by atoms with Gasteiger partial charge < -0.3 is 19.9 Å². The average Bonchev–Trinajstić information content (AvgIpc) is 2.93. The van der Waals surface area contributed by atoms with Gasteiger partial charge in [-0.3, -0.25) is 4.79 Å². The van der Waals surface area contributed by atoms with Crippen LogP contribution in [0.15, 0.2) is 35.7 Å². The number of carboxylic acid groups (broad SMARTS) is 1. The normalized spacial score (nSPS) is 9.95. The Morgan fingerprint density at radius 2 is 1.95 bits per heavy atom. The van der Waals surface area contributed by atoms with Crippen LogP contribution in [-0.4, -0.2) is 30.7 Å². The summed E-state index contributed by atoms with van der Waals surface area (Å²) in [7, 11) is 1.51. The van der Waals surface area contributed by atoms with Gasteiger partial charge in [-0.05, 0) is 23.6 Å². The van der Waals surface area contributed by atoms with Crippen LogP contribution in [0.1, 0.15) is 9.67 Å². The average molecular weight is 307 g/mol. The van der Waals surface area contributed by atoms with Crippen molar-refractivity contribution in [1.29, 1.82) is 0 Å². The molecule has 2 rings (SSSR count). The van der Waals surface area contributed by atoms with Crippen molar-refractivity contribution in [1.82, 2.24) is 0 Å². The van der Waals surface area contributed by atoms with E-state index in [1.54, 1.807) is 29.6 Å². The predicted molar refractivity (Wildman–Crippen MR) is 78.4 cm³/mol. The molecule has 2 aromatic rings. The SMILES string of the molecule is COc1ccccc1OCC(=O)Nc1ccsc1C(=O)O. The van der Waals surface area contributed by atoms with E-state index >= 15 is 0 Å².